The number of carbonyl (C=O) groups is 2. The third-order valence-corrected chi connectivity index (χ3v) is 4.85. The molecule has 7 nitrogen and oxygen atoms in total. The number of rotatable bonds is 7. The lowest BCUT2D eigenvalue weighted by molar-refractivity contribution is -0.116. The van der Waals surface area contributed by atoms with Crippen LogP contribution in [-0.4, -0.2) is 28.7 Å². The predicted octanol–water partition coefficient (Wildman–Crippen LogP) is 4.45. The second-order valence-corrected chi connectivity index (χ2v) is 7.06. The van der Waals surface area contributed by atoms with Crippen molar-refractivity contribution in [1.29, 1.82) is 0 Å². The van der Waals surface area contributed by atoms with Crippen molar-refractivity contribution in [1.82, 2.24) is 9.78 Å². The summed E-state index contributed by atoms with van der Waals surface area (Å²) in [4.78, 5) is 25.1. The number of hydrogen-bond donors (Lipinski definition) is 2. The van der Waals surface area contributed by atoms with Gasteiger partial charge in [0.1, 0.15) is 12.3 Å². The van der Waals surface area contributed by atoms with Gasteiger partial charge in [0.25, 0.3) is 5.91 Å². The number of nitrogens with zero attached hydrogens (tertiary/aromatic N) is 2. The molecule has 0 bridgehead atoms. The zero-order chi connectivity index (χ0) is 22.3. The second-order valence-electron chi connectivity index (χ2n) is 7.06. The second kappa shape index (κ2) is 9.61. The van der Waals surface area contributed by atoms with E-state index in [2.05, 4.69) is 15.7 Å². The monoisotopic (exact) mass is 426 g/mol. The van der Waals surface area contributed by atoms with E-state index >= 15 is 0 Å². The molecule has 1 aromatic heterocycles. The van der Waals surface area contributed by atoms with Crippen molar-refractivity contribution in [2.75, 3.05) is 17.7 Å². The number of carbonyl (C=O) groups excluding carboxylic acids is 2. The van der Waals surface area contributed by atoms with Gasteiger partial charge in [0.15, 0.2) is 0 Å². The minimum atomic E-state index is -0.289. The van der Waals surface area contributed by atoms with Crippen LogP contribution in [0.2, 0.25) is 0 Å². The topological polar surface area (TPSA) is 85.3 Å². The highest BCUT2D eigenvalue weighted by molar-refractivity contribution is 6.06. The van der Waals surface area contributed by atoms with E-state index in [1.165, 1.54) is 11.8 Å². The first-order valence-corrected chi connectivity index (χ1v) is 10.0. The van der Waals surface area contributed by atoms with Gasteiger partial charge < -0.3 is 15.4 Å². The molecular weight excluding hydrogens is 404 g/mol. The Kier molecular flexibility index (Phi) is 6.27. The molecule has 0 unspecified atom stereocenters. The summed E-state index contributed by atoms with van der Waals surface area (Å²) in [5.41, 5.74) is 3.66. The van der Waals surface area contributed by atoms with Crippen molar-refractivity contribution >= 4 is 23.2 Å². The highest BCUT2D eigenvalue weighted by Crippen LogP contribution is 2.26. The lowest BCUT2D eigenvalue weighted by atomic mass is 10.1. The summed E-state index contributed by atoms with van der Waals surface area (Å²) in [6, 6.07) is 24.3. The van der Waals surface area contributed by atoms with Gasteiger partial charge in [0.05, 0.1) is 12.8 Å². The molecule has 0 saturated carbocycles. The van der Waals surface area contributed by atoms with Crippen LogP contribution in [0.3, 0.4) is 0 Å². The Morgan fingerprint density at radius 1 is 0.906 bits per heavy atom. The Bertz CT molecular complexity index is 1200. The molecule has 2 N–H and O–H groups in total. The number of benzene rings is 3. The molecule has 32 heavy (non-hydrogen) atoms. The van der Waals surface area contributed by atoms with Gasteiger partial charge in [-0.1, -0.05) is 42.5 Å². The zero-order valence-corrected chi connectivity index (χ0v) is 17.5. The Balaban J connectivity index is 1.46. The summed E-state index contributed by atoms with van der Waals surface area (Å²) >= 11 is 0. The number of hydrogen-bond acceptors (Lipinski definition) is 4. The minimum Gasteiger partial charge on any atom is -0.495 e. The van der Waals surface area contributed by atoms with E-state index in [1.54, 1.807) is 36.7 Å². The van der Waals surface area contributed by atoms with Crippen molar-refractivity contribution in [2.45, 2.75) is 6.54 Å². The van der Waals surface area contributed by atoms with Gasteiger partial charge in [-0.15, -0.1) is 0 Å². The molecule has 3 aromatic carbocycles. The first-order chi connectivity index (χ1) is 15.6. The van der Waals surface area contributed by atoms with E-state index in [4.69, 9.17) is 4.74 Å². The molecule has 4 rings (SSSR count). The summed E-state index contributed by atoms with van der Waals surface area (Å²) in [7, 11) is 1.51. The third-order valence-electron chi connectivity index (χ3n) is 4.85. The van der Waals surface area contributed by atoms with Crippen LogP contribution in [0.1, 0.15) is 10.4 Å². The van der Waals surface area contributed by atoms with Crippen molar-refractivity contribution in [3.63, 3.8) is 0 Å². The van der Waals surface area contributed by atoms with Crippen LogP contribution in [0.15, 0.2) is 91.3 Å². The average Bonchev–Trinajstić information content (AvgIpc) is 3.33. The smallest absolute Gasteiger partial charge is 0.255 e. The number of aromatic nitrogens is 2. The fourth-order valence-electron chi connectivity index (χ4n) is 3.26. The number of nitrogens with one attached hydrogen (secondary N) is 2. The lowest BCUT2D eigenvalue weighted by Crippen LogP contribution is -2.20. The van der Waals surface area contributed by atoms with Gasteiger partial charge in [-0.05, 0) is 47.5 Å². The summed E-state index contributed by atoms with van der Waals surface area (Å²) in [5.74, 6) is -0.105. The first-order valence-electron chi connectivity index (χ1n) is 10.0. The normalized spacial score (nSPS) is 10.4. The van der Waals surface area contributed by atoms with Crippen LogP contribution in [0.4, 0.5) is 11.4 Å². The van der Waals surface area contributed by atoms with Crippen molar-refractivity contribution in [2.24, 2.45) is 0 Å². The molecule has 0 fully saturated rings. The van der Waals surface area contributed by atoms with Gasteiger partial charge in [-0.2, -0.15) is 5.10 Å². The molecule has 0 spiro atoms. The molecule has 2 amide bonds. The van der Waals surface area contributed by atoms with Crippen LogP contribution in [-0.2, 0) is 11.3 Å². The van der Waals surface area contributed by atoms with E-state index < -0.39 is 0 Å². The molecular formula is C25H22N4O3. The van der Waals surface area contributed by atoms with Crippen LogP contribution in [0.5, 0.6) is 5.75 Å². The summed E-state index contributed by atoms with van der Waals surface area (Å²) < 4.78 is 6.83. The largest absolute Gasteiger partial charge is 0.495 e. The predicted molar refractivity (Wildman–Crippen MR) is 124 cm³/mol. The van der Waals surface area contributed by atoms with Gasteiger partial charge in [0.2, 0.25) is 5.91 Å². The van der Waals surface area contributed by atoms with E-state index in [0.717, 1.165) is 11.1 Å². The van der Waals surface area contributed by atoms with Crippen molar-refractivity contribution < 1.29 is 14.3 Å². The number of amides is 2. The third kappa shape index (κ3) is 5.02. The van der Waals surface area contributed by atoms with Crippen LogP contribution >= 0.6 is 0 Å². The van der Waals surface area contributed by atoms with E-state index in [9.17, 15) is 9.59 Å². The SMILES string of the molecule is COc1ccc(C(=O)Nc2ccc(-c3ccccc3)cc2)cc1NC(=O)Cn1cccn1. The fraction of sp³-hybridized carbons (Fsp3) is 0.0800. The average molecular weight is 426 g/mol. The Labute approximate surface area is 185 Å². The molecule has 0 aliphatic heterocycles. The summed E-state index contributed by atoms with van der Waals surface area (Å²) in [5, 5.41) is 9.68. The number of ether oxygens (including phenoxy) is 1. The molecule has 0 radical (unpaired) electrons. The van der Waals surface area contributed by atoms with Crippen molar-refractivity contribution in [3.8, 4) is 16.9 Å². The Morgan fingerprint density at radius 3 is 2.34 bits per heavy atom. The number of methoxy groups -OCH3 is 1. The lowest BCUT2D eigenvalue weighted by Gasteiger charge is -2.13. The molecule has 1 heterocycles. The fourth-order valence-corrected chi connectivity index (χ4v) is 3.26. The molecule has 0 aliphatic carbocycles. The first kappa shape index (κ1) is 20.9. The van der Waals surface area contributed by atoms with Crippen LogP contribution in [0, 0.1) is 0 Å². The summed E-state index contributed by atoms with van der Waals surface area (Å²) in [6.07, 6.45) is 3.30. The minimum absolute atomic E-state index is 0.0559. The Hall–Kier alpha value is -4.39. The molecule has 7 heteroatoms. The van der Waals surface area contributed by atoms with Gasteiger partial charge in [-0.3, -0.25) is 14.3 Å². The number of anilines is 2. The van der Waals surface area contributed by atoms with Gasteiger partial charge in [-0.25, -0.2) is 0 Å². The van der Waals surface area contributed by atoms with Crippen LogP contribution < -0.4 is 15.4 Å². The molecule has 0 aliphatic rings. The van der Waals surface area contributed by atoms with Gasteiger partial charge in [0, 0.05) is 23.6 Å². The molecule has 0 saturated heterocycles. The van der Waals surface area contributed by atoms with E-state index in [0.29, 0.717) is 22.7 Å². The highest BCUT2D eigenvalue weighted by atomic mass is 16.5. The quantitative estimate of drug-likeness (QED) is 0.457. The van der Waals surface area contributed by atoms with E-state index in [-0.39, 0.29) is 18.4 Å². The standard InChI is InChI=1S/C25H22N4O3/c1-32-23-13-10-20(16-22(23)28-24(30)17-29-15-5-14-26-29)25(31)27-21-11-8-19(9-12-21)18-6-3-2-4-7-18/h2-16H,17H2,1H3,(H,27,31)(H,28,30). The Morgan fingerprint density at radius 2 is 1.66 bits per heavy atom. The molecule has 4 aromatic rings. The van der Waals surface area contributed by atoms with Crippen molar-refractivity contribution in [3.05, 3.63) is 96.8 Å². The molecule has 0 atom stereocenters. The summed E-state index contributed by atoms with van der Waals surface area (Å²) in [6.45, 7) is 0.0559. The van der Waals surface area contributed by atoms with Crippen LogP contribution in [0.25, 0.3) is 11.1 Å². The van der Waals surface area contributed by atoms with Gasteiger partial charge >= 0.3 is 0 Å². The maximum atomic E-state index is 12.8. The van der Waals surface area contributed by atoms with E-state index in [1.807, 2.05) is 54.6 Å². The maximum Gasteiger partial charge on any atom is 0.255 e. The maximum absolute atomic E-state index is 12.8. The molecule has 160 valence electrons. The highest BCUT2D eigenvalue weighted by Gasteiger charge is 2.13. The zero-order valence-electron chi connectivity index (χ0n) is 17.5.